The zero-order valence-corrected chi connectivity index (χ0v) is 19.0. The molecule has 0 bridgehead atoms. The van der Waals surface area contributed by atoms with E-state index in [-0.39, 0.29) is 36.2 Å². The number of carbonyl (C=O) groups is 4. The third-order valence-electron chi connectivity index (χ3n) is 5.96. The second-order valence-electron chi connectivity index (χ2n) is 8.25. The van der Waals surface area contributed by atoms with Crippen molar-refractivity contribution in [2.75, 3.05) is 42.9 Å². The Balaban J connectivity index is 1.48. The quantitative estimate of drug-likeness (QED) is 0.363. The summed E-state index contributed by atoms with van der Waals surface area (Å²) in [6.45, 7) is 3.35. The van der Waals surface area contributed by atoms with Crippen LogP contribution in [-0.4, -0.2) is 71.2 Å². The summed E-state index contributed by atoms with van der Waals surface area (Å²) >= 11 is 0. The van der Waals surface area contributed by atoms with Crippen molar-refractivity contribution in [3.63, 3.8) is 0 Å². The predicted octanol–water partition coefficient (Wildman–Crippen LogP) is 1.57. The van der Waals surface area contributed by atoms with Gasteiger partial charge < -0.3 is 20.4 Å². The lowest BCUT2D eigenvalue weighted by molar-refractivity contribution is -0.384. The number of nitrogens with one attached hydrogen (secondary N) is 2. The Labute approximate surface area is 200 Å². The predicted molar refractivity (Wildman–Crippen MR) is 126 cm³/mol. The Hall–Kier alpha value is -4.48. The molecule has 2 saturated heterocycles. The van der Waals surface area contributed by atoms with Crippen LogP contribution in [0.2, 0.25) is 0 Å². The molecule has 0 aliphatic carbocycles. The number of urea groups is 1. The minimum Gasteiger partial charge on any atom is -0.362 e. The highest BCUT2D eigenvalue weighted by atomic mass is 16.6. The van der Waals surface area contributed by atoms with Crippen LogP contribution >= 0.6 is 0 Å². The number of carbonyl (C=O) groups excluding carboxylic acids is 4. The van der Waals surface area contributed by atoms with Crippen molar-refractivity contribution < 1.29 is 24.1 Å². The van der Waals surface area contributed by atoms with E-state index in [1.54, 1.807) is 35.2 Å². The summed E-state index contributed by atoms with van der Waals surface area (Å²) < 4.78 is 0. The SMILES string of the molecule is CC(=O)N1CCN(c2ccc(C(=O)Nc3cccc(CN4C(=O)CNC4=O)c3)cc2[N+](=O)[O-])CC1. The van der Waals surface area contributed by atoms with E-state index < -0.39 is 16.9 Å². The Morgan fingerprint density at radius 2 is 1.83 bits per heavy atom. The van der Waals surface area contributed by atoms with Crippen molar-refractivity contribution in [2.24, 2.45) is 0 Å². The Morgan fingerprint density at radius 3 is 2.46 bits per heavy atom. The lowest BCUT2D eigenvalue weighted by Gasteiger charge is -2.35. The summed E-state index contributed by atoms with van der Waals surface area (Å²) in [7, 11) is 0. The Bertz CT molecular complexity index is 1190. The number of nitro benzene ring substituents is 1. The number of nitro groups is 1. The molecule has 0 atom stereocenters. The molecular formula is C23H24N6O6. The number of hydrogen-bond donors (Lipinski definition) is 2. The first kappa shape index (κ1) is 23.7. The van der Waals surface area contributed by atoms with Gasteiger partial charge in [-0.1, -0.05) is 12.1 Å². The number of hydrogen-bond acceptors (Lipinski definition) is 7. The smallest absolute Gasteiger partial charge is 0.324 e. The van der Waals surface area contributed by atoms with Crippen molar-refractivity contribution in [1.82, 2.24) is 15.1 Å². The molecular weight excluding hydrogens is 456 g/mol. The van der Waals surface area contributed by atoms with E-state index in [0.717, 1.165) is 4.90 Å². The van der Waals surface area contributed by atoms with E-state index in [1.807, 2.05) is 4.90 Å². The summed E-state index contributed by atoms with van der Waals surface area (Å²) in [4.78, 5) is 63.8. The molecule has 2 aliphatic heterocycles. The molecule has 0 aromatic heterocycles. The molecule has 182 valence electrons. The van der Waals surface area contributed by atoms with Gasteiger partial charge in [0.2, 0.25) is 11.8 Å². The minimum atomic E-state index is -0.534. The molecule has 0 unspecified atom stereocenters. The molecule has 12 heteroatoms. The molecule has 2 aliphatic rings. The zero-order valence-electron chi connectivity index (χ0n) is 19.0. The van der Waals surface area contributed by atoms with Crippen LogP contribution in [0.25, 0.3) is 0 Å². The van der Waals surface area contributed by atoms with Crippen LogP contribution in [0.1, 0.15) is 22.8 Å². The van der Waals surface area contributed by atoms with Gasteiger partial charge in [-0.2, -0.15) is 0 Å². The second kappa shape index (κ2) is 9.79. The third-order valence-corrected chi connectivity index (χ3v) is 5.96. The van der Waals surface area contributed by atoms with Gasteiger partial charge in [0.05, 0.1) is 18.0 Å². The van der Waals surface area contributed by atoms with E-state index in [1.165, 1.54) is 19.1 Å². The average molecular weight is 480 g/mol. The lowest BCUT2D eigenvalue weighted by atomic mass is 10.1. The fourth-order valence-electron chi connectivity index (χ4n) is 4.09. The minimum absolute atomic E-state index is 0.0365. The standard InChI is InChI=1S/C23H24N6O6/c1-15(30)26-7-9-27(10-8-26)19-6-5-17(12-20(19)29(34)35)22(32)25-18-4-2-3-16(11-18)14-28-21(31)13-24-23(28)33/h2-6,11-12H,7-10,13-14H2,1H3,(H,24,33)(H,25,32). The summed E-state index contributed by atoms with van der Waals surface area (Å²) in [6, 6.07) is 10.5. The number of amides is 5. The van der Waals surface area contributed by atoms with Crippen LogP contribution in [0.15, 0.2) is 42.5 Å². The van der Waals surface area contributed by atoms with E-state index in [9.17, 15) is 29.3 Å². The van der Waals surface area contributed by atoms with Crippen LogP contribution in [0, 0.1) is 10.1 Å². The lowest BCUT2D eigenvalue weighted by Crippen LogP contribution is -2.48. The molecule has 12 nitrogen and oxygen atoms in total. The maximum atomic E-state index is 12.8. The number of imide groups is 1. The van der Waals surface area contributed by atoms with Crippen LogP contribution in [0.3, 0.4) is 0 Å². The van der Waals surface area contributed by atoms with E-state index in [0.29, 0.717) is 43.1 Å². The van der Waals surface area contributed by atoms with E-state index in [2.05, 4.69) is 10.6 Å². The largest absolute Gasteiger partial charge is 0.362 e. The Morgan fingerprint density at radius 1 is 1.09 bits per heavy atom. The maximum absolute atomic E-state index is 12.8. The van der Waals surface area contributed by atoms with Gasteiger partial charge >= 0.3 is 6.03 Å². The molecule has 4 rings (SSSR count). The molecule has 0 spiro atoms. The van der Waals surface area contributed by atoms with Gasteiger partial charge in [-0.15, -0.1) is 0 Å². The summed E-state index contributed by atoms with van der Waals surface area (Å²) in [5.41, 5.74) is 1.37. The second-order valence-corrected chi connectivity index (χ2v) is 8.25. The summed E-state index contributed by atoms with van der Waals surface area (Å²) in [5.74, 6) is -0.904. The van der Waals surface area contributed by atoms with Gasteiger partial charge in [0.25, 0.3) is 11.6 Å². The van der Waals surface area contributed by atoms with E-state index >= 15 is 0 Å². The van der Waals surface area contributed by atoms with Crippen LogP contribution in [0.4, 0.5) is 21.9 Å². The number of anilines is 2. The van der Waals surface area contributed by atoms with Crippen molar-refractivity contribution in [3.8, 4) is 0 Å². The number of rotatable bonds is 6. The maximum Gasteiger partial charge on any atom is 0.324 e. The first-order valence-corrected chi connectivity index (χ1v) is 11.0. The Kier molecular flexibility index (Phi) is 6.62. The molecule has 2 aromatic carbocycles. The van der Waals surface area contributed by atoms with Gasteiger partial charge in [0.15, 0.2) is 0 Å². The number of benzene rings is 2. The van der Waals surface area contributed by atoms with Crippen molar-refractivity contribution in [3.05, 3.63) is 63.7 Å². The zero-order chi connectivity index (χ0) is 25.1. The highest BCUT2D eigenvalue weighted by Gasteiger charge is 2.29. The number of piperazine rings is 1. The van der Waals surface area contributed by atoms with Crippen LogP contribution in [-0.2, 0) is 16.1 Å². The van der Waals surface area contributed by atoms with Crippen molar-refractivity contribution in [1.29, 1.82) is 0 Å². The first-order chi connectivity index (χ1) is 16.7. The fraction of sp³-hybridized carbons (Fsp3) is 0.304. The first-order valence-electron chi connectivity index (χ1n) is 11.0. The molecule has 2 N–H and O–H groups in total. The highest BCUT2D eigenvalue weighted by molar-refractivity contribution is 6.05. The number of nitrogens with zero attached hydrogens (tertiary/aromatic N) is 4. The van der Waals surface area contributed by atoms with Gasteiger partial charge in [-0.05, 0) is 29.8 Å². The summed E-state index contributed by atoms with van der Waals surface area (Å²) in [6.07, 6.45) is 0. The average Bonchev–Trinajstić information content (AvgIpc) is 3.16. The molecule has 0 saturated carbocycles. The molecule has 2 fully saturated rings. The molecule has 2 aromatic rings. The monoisotopic (exact) mass is 480 g/mol. The van der Waals surface area contributed by atoms with Crippen molar-refractivity contribution in [2.45, 2.75) is 13.5 Å². The highest BCUT2D eigenvalue weighted by Crippen LogP contribution is 2.30. The normalized spacial score (nSPS) is 15.7. The molecule has 35 heavy (non-hydrogen) atoms. The fourth-order valence-corrected chi connectivity index (χ4v) is 4.09. The van der Waals surface area contributed by atoms with Crippen LogP contribution in [0.5, 0.6) is 0 Å². The molecule has 5 amide bonds. The summed E-state index contributed by atoms with van der Waals surface area (Å²) in [5, 5.41) is 16.9. The molecule has 2 heterocycles. The van der Waals surface area contributed by atoms with Gasteiger partial charge in [-0.25, -0.2) is 4.79 Å². The topological polar surface area (TPSA) is 145 Å². The third kappa shape index (κ3) is 5.21. The van der Waals surface area contributed by atoms with Gasteiger partial charge in [0, 0.05) is 50.4 Å². The van der Waals surface area contributed by atoms with Gasteiger partial charge in [0.1, 0.15) is 5.69 Å². The molecule has 0 radical (unpaired) electrons. The van der Waals surface area contributed by atoms with Crippen molar-refractivity contribution >= 4 is 40.8 Å². The van der Waals surface area contributed by atoms with E-state index in [4.69, 9.17) is 0 Å². The van der Waals surface area contributed by atoms with Crippen LogP contribution < -0.4 is 15.5 Å². The van der Waals surface area contributed by atoms with Gasteiger partial charge in [-0.3, -0.25) is 29.4 Å².